The molecule has 0 unspecified atom stereocenters. The molecule has 0 bridgehead atoms. The molecule has 5 heteroatoms. The van der Waals surface area contributed by atoms with E-state index in [9.17, 15) is 0 Å². The second kappa shape index (κ2) is 5.28. The Morgan fingerprint density at radius 1 is 1.05 bits per heavy atom. The lowest BCUT2D eigenvalue weighted by molar-refractivity contribution is 0.768. The average molecular weight is 267 g/mol. The van der Waals surface area contributed by atoms with E-state index in [0.29, 0.717) is 0 Å². The predicted molar refractivity (Wildman–Crippen MR) is 79.8 cm³/mol. The maximum Gasteiger partial charge on any atom is 0.230 e. The number of rotatable bonds is 4. The molecule has 20 heavy (non-hydrogen) atoms. The van der Waals surface area contributed by atoms with E-state index < -0.39 is 0 Å². The Morgan fingerprint density at radius 3 is 2.50 bits per heavy atom. The fraction of sp³-hybridized carbons (Fsp3) is 0.267. The van der Waals surface area contributed by atoms with Gasteiger partial charge in [-0.25, -0.2) is 9.97 Å². The molecule has 2 heterocycles. The van der Waals surface area contributed by atoms with Crippen molar-refractivity contribution in [2.75, 3.05) is 18.0 Å². The molecule has 0 aliphatic rings. The smallest absolute Gasteiger partial charge is 0.230 e. The first-order valence-corrected chi connectivity index (χ1v) is 6.84. The van der Waals surface area contributed by atoms with Gasteiger partial charge in [0.15, 0.2) is 5.65 Å². The number of hydrogen-bond acceptors (Lipinski definition) is 4. The van der Waals surface area contributed by atoms with Crippen LogP contribution in [0, 0.1) is 0 Å². The minimum absolute atomic E-state index is 0.820. The van der Waals surface area contributed by atoms with E-state index in [4.69, 9.17) is 0 Å². The summed E-state index contributed by atoms with van der Waals surface area (Å²) in [5.41, 5.74) is 2.82. The summed E-state index contributed by atoms with van der Waals surface area (Å²) in [5.74, 6) is 0.835. The number of anilines is 1. The van der Waals surface area contributed by atoms with Crippen molar-refractivity contribution in [1.29, 1.82) is 0 Å². The molecule has 3 rings (SSSR count). The lowest BCUT2D eigenvalue weighted by atomic mass is 10.2. The Bertz CT molecular complexity index is 701. The SMILES string of the molecule is CCN(CC)c1ncnc2cc(-c3ccccc3)nn12. The third kappa shape index (κ3) is 2.11. The molecule has 0 atom stereocenters. The van der Waals surface area contributed by atoms with Crippen LogP contribution in [0.4, 0.5) is 5.95 Å². The zero-order valence-corrected chi connectivity index (χ0v) is 11.7. The Kier molecular flexibility index (Phi) is 3.33. The fourth-order valence-corrected chi connectivity index (χ4v) is 2.28. The van der Waals surface area contributed by atoms with Crippen LogP contribution in [-0.4, -0.2) is 32.7 Å². The highest BCUT2D eigenvalue weighted by Gasteiger charge is 2.12. The van der Waals surface area contributed by atoms with Gasteiger partial charge in [-0.1, -0.05) is 30.3 Å². The van der Waals surface area contributed by atoms with Crippen molar-refractivity contribution < 1.29 is 0 Å². The van der Waals surface area contributed by atoms with Crippen molar-refractivity contribution in [2.24, 2.45) is 0 Å². The highest BCUT2D eigenvalue weighted by molar-refractivity contribution is 5.64. The Labute approximate surface area is 117 Å². The van der Waals surface area contributed by atoms with E-state index in [1.54, 1.807) is 6.33 Å². The van der Waals surface area contributed by atoms with Crippen LogP contribution >= 0.6 is 0 Å². The van der Waals surface area contributed by atoms with E-state index in [1.165, 1.54) is 0 Å². The lowest BCUT2D eigenvalue weighted by Gasteiger charge is -2.19. The number of nitrogens with zero attached hydrogens (tertiary/aromatic N) is 5. The summed E-state index contributed by atoms with van der Waals surface area (Å²) >= 11 is 0. The van der Waals surface area contributed by atoms with Gasteiger partial charge in [0.1, 0.15) is 6.33 Å². The van der Waals surface area contributed by atoms with Crippen molar-refractivity contribution in [3.8, 4) is 11.3 Å². The van der Waals surface area contributed by atoms with Gasteiger partial charge in [-0.3, -0.25) is 0 Å². The molecule has 5 nitrogen and oxygen atoms in total. The molecule has 1 aromatic carbocycles. The summed E-state index contributed by atoms with van der Waals surface area (Å²) in [4.78, 5) is 10.8. The lowest BCUT2D eigenvalue weighted by Crippen LogP contribution is -2.25. The summed E-state index contributed by atoms with van der Waals surface area (Å²) in [6, 6.07) is 12.1. The third-order valence-electron chi connectivity index (χ3n) is 3.36. The zero-order valence-electron chi connectivity index (χ0n) is 11.7. The first-order chi connectivity index (χ1) is 9.83. The van der Waals surface area contributed by atoms with Crippen LogP contribution in [0.15, 0.2) is 42.7 Å². The molecule has 102 valence electrons. The average Bonchev–Trinajstić information content (AvgIpc) is 2.94. The van der Waals surface area contributed by atoms with Gasteiger partial charge in [0.25, 0.3) is 0 Å². The quantitative estimate of drug-likeness (QED) is 0.729. The Balaban J connectivity index is 2.14. The van der Waals surface area contributed by atoms with Crippen LogP contribution in [0.25, 0.3) is 16.9 Å². The van der Waals surface area contributed by atoms with Crippen LogP contribution in [0.5, 0.6) is 0 Å². The number of hydrogen-bond donors (Lipinski definition) is 0. The summed E-state index contributed by atoms with van der Waals surface area (Å²) in [7, 11) is 0. The molecular weight excluding hydrogens is 250 g/mol. The van der Waals surface area contributed by atoms with Crippen LogP contribution in [0.1, 0.15) is 13.8 Å². The van der Waals surface area contributed by atoms with E-state index in [-0.39, 0.29) is 0 Å². The van der Waals surface area contributed by atoms with Crippen molar-refractivity contribution in [3.63, 3.8) is 0 Å². The molecule has 0 radical (unpaired) electrons. The topological polar surface area (TPSA) is 46.3 Å². The second-order valence-electron chi connectivity index (χ2n) is 4.51. The molecule has 0 saturated heterocycles. The zero-order chi connectivity index (χ0) is 13.9. The first-order valence-electron chi connectivity index (χ1n) is 6.84. The molecular formula is C15H17N5. The normalized spacial score (nSPS) is 10.9. The molecule has 3 aromatic rings. The molecule has 0 spiro atoms. The largest absolute Gasteiger partial charge is 0.341 e. The second-order valence-corrected chi connectivity index (χ2v) is 4.51. The van der Waals surface area contributed by atoms with Gasteiger partial charge >= 0.3 is 0 Å². The van der Waals surface area contributed by atoms with Crippen molar-refractivity contribution in [1.82, 2.24) is 19.6 Å². The van der Waals surface area contributed by atoms with Gasteiger partial charge in [0.05, 0.1) is 5.69 Å². The van der Waals surface area contributed by atoms with E-state index in [2.05, 4.69) is 33.8 Å². The summed E-state index contributed by atoms with van der Waals surface area (Å²) < 4.78 is 1.81. The minimum Gasteiger partial charge on any atom is -0.341 e. The van der Waals surface area contributed by atoms with Gasteiger partial charge in [-0.2, -0.15) is 9.61 Å². The number of aromatic nitrogens is 4. The van der Waals surface area contributed by atoms with Crippen molar-refractivity contribution in [3.05, 3.63) is 42.7 Å². The highest BCUT2D eigenvalue weighted by atomic mass is 15.4. The van der Waals surface area contributed by atoms with Gasteiger partial charge in [-0.05, 0) is 13.8 Å². The van der Waals surface area contributed by atoms with Crippen LogP contribution in [0.2, 0.25) is 0 Å². The number of fused-ring (bicyclic) bond motifs is 1. The summed E-state index contributed by atoms with van der Waals surface area (Å²) in [6.07, 6.45) is 1.60. The third-order valence-corrected chi connectivity index (χ3v) is 3.36. The van der Waals surface area contributed by atoms with Crippen LogP contribution in [0.3, 0.4) is 0 Å². The maximum absolute atomic E-state index is 4.65. The minimum atomic E-state index is 0.820. The number of benzene rings is 1. The molecule has 2 aromatic heterocycles. The molecule has 0 amide bonds. The van der Waals surface area contributed by atoms with Crippen LogP contribution in [-0.2, 0) is 0 Å². The predicted octanol–water partition coefficient (Wildman–Crippen LogP) is 2.64. The van der Waals surface area contributed by atoms with Crippen molar-refractivity contribution >= 4 is 11.6 Å². The van der Waals surface area contributed by atoms with Gasteiger partial charge in [0, 0.05) is 24.7 Å². The molecule has 0 aliphatic carbocycles. The monoisotopic (exact) mass is 267 g/mol. The summed E-state index contributed by atoms with van der Waals surface area (Å²) in [6.45, 7) is 6.00. The van der Waals surface area contributed by atoms with Crippen molar-refractivity contribution in [2.45, 2.75) is 13.8 Å². The van der Waals surface area contributed by atoms with Gasteiger partial charge in [0.2, 0.25) is 5.95 Å². The first kappa shape index (κ1) is 12.6. The fourth-order valence-electron chi connectivity index (χ4n) is 2.28. The highest BCUT2D eigenvalue weighted by Crippen LogP contribution is 2.20. The maximum atomic E-state index is 4.65. The summed E-state index contributed by atoms with van der Waals surface area (Å²) in [5, 5.41) is 4.65. The standard InChI is InChI=1S/C15H17N5/c1-3-19(4-2)15-17-11-16-14-10-13(18-20(14)15)12-8-6-5-7-9-12/h5-11H,3-4H2,1-2H3. The van der Waals surface area contributed by atoms with E-state index >= 15 is 0 Å². The van der Waals surface area contributed by atoms with Gasteiger partial charge in [-0.15, -0.1) is 0 Å². The van der Waals surface area contributed by atoms with E-state index in [0.717, 1.165) is 35.9 Å². The molecule has 0 saturated carbocycles. The molecule has 0 N–H and O–H groups in total. The van der Waals surface area contributed by atoms with Crippen LogP contribution < -0.4 is 4.90 Å². The molecule has 0 aliphatic heterocycles. The Morgan fingerprint density at radius 2 is 1.80 bits per heavy atom. The van der Waals surface area contributed by atoms with E-state index in [1.807, 2.05) is 40.9 Å². The molecule has 0 fully saturated rings. The Hall–Kier alpha value is -2.43. The van der Waals surface area contributed by atoms with Gasteiger partial charge < -0.3 is 4.90 Å².